The fraction of sp³-hybridized carbons (Fsp3) is 0.150. The first-order valence-corrected chi connectivity index (χ1v) is 8.86. The maximum atomic E-state index is 12.3. The average Bonchev–Trinajstić information content (AvgIpc) is 3.21. The molecule has 9 heteroatoms. The van der Waals surface area contributed by atoms with E-state index in [9.17, 15) is 19.7 Å². The van der Waals surface area contributed by atoms with Crippen LogP contribution in [0.3, 0.4) is 0 Å². The number of hydrogen-bond acceptors (Lipinski definition) is 5. The zero-order valence-corrected chi connectivity index (χ0v) is 15.6. The van der Waals surface area contributed by atoms with Crippen molar-refractivity contribution in [1.82, 2.24) is 20.4 Å². The maximum absolute atomic E-state index is 12.3. The third-order valence-electron chi connectivity index (χ3n) is 4.18. The Morgan fingerprint density at radius 3 is 2.66 bits per heavy atom. The summed E-state index contributed by atoms with van der Waals surface area (Å²) in [5.41, 5.74) is 1.63. The Morgan fingerprint density at radius 1 is 1.17 bits per heavy atom. The van der Waals surface area contributed by atoms with Crippen LogP contribution in [0.2, 0.25) is 0 Å². The van der Waals surface area contributed by atoms with Crippen molar-refractivity contribution in [2.45, 2.75) is 19.5 Å². The summed E-state index contributed by atoms with van der Waals surface area (Å²) >= 11 is 0. The summed E-state index contributed by atoms with van der Waals surface area (Å²) in [4.78, 5) is 34.8. The molecule has 0 aliphatic heterocycles. The lowest BCUT2D eigenvalue weighted by molar-refractivity contribution is -0.384. The van der Waals surface area contributed by atoms with Crippen LogP contribution in [-0.4, -0.2) is 32.6 Å². The van der Waals surface area contributed by atoms with Gasteiger partial charge in [-0.25, -0.2) is 4.68 Å². The van der Waals surface area contributed by atoms with Crippen molar-refractivity contribution < 1.29 is 14.5 Å². The van der Waals surface area contributed by atoms with Crippen LogP contribution >= 0.6 is 0 Å². The Morgan fingerprint density at radius 2 is 1.93 bits per heavy atom. The van der Waals surface area contributed by atoms with E-state index in [-0.39, 0.29) is 23.7 Å². The molecule has 0 saturated carbocycles. The van der Waals surface area contributed by atoms with Gasteiger partial charge in [-0.15, -0.1) is 0 Å². The van der Waals surface area contributed by atoms with E-state index >= 15 is 0 Å². The molecule has 1 aromatic heterocycles. The normalized spacial score (nSPS) is 11.5. The van der Waals surface area contributed by atoms with Crippen LogP contribution in [0.15, 0.2) is 67.0 Å². The predicted octanol–water partition coefficient (Wildman–Crippen LogP) is 2.22. The van der Waals surface area contributed by atoms with Crippen molar-refractivity contribution in [3.63, 3.8) is 0 Å². The molecule has 0 unspecified atom stereocenters. The van der Waals surface area contributed by atoms with E-state index in [4.69, 9.17) is 0 Å². The fourth-order valence-corrected chi connectivity index (χ4v) is 2.62. The van der Waals surface area contributed by atoms with Gasteiger partial charge in [0.15, 0.2) is 0 Å². The largest absolute Gasteiger partial charge is 0.350 e. The van der Waals surface area contributed by atoms with E-state index in [0.29, 0.717) is 0 Å². The van der Waals surface area contributed by atoms with Crippen molar-refractivity contribution >= 4 is 17.5 Å². The molecule has 2 N–H and O–H groups in total. The number of benzene rings is 2. The van der Waals surface area contributed by atoms with Gasteiger partial charge in [0.25, 0.3) is 11.6 Å². The first kappa shape index (κ1) is 19.7. The third-order valence-corrected chi connectivity index (χ3v) is 4.18. The van der Waals surface area contributed by atoms with E-state index < -0.39 is 16.9 Å². The highest BCUT2D eigenvalue weighted by Crippen LogP contribution is 2.13. The van der Waals surface area contributed by atoms with Crippen LogP contribution in [0.25, 0.3) is 5.69 Å². The zero-order valence-electron chi connectivity index (χ0n) is 15.6. The number of aromatic nitrogens is 2. The van der Waals surface area contributed by atoms with Gasteiger partial charge in [0, 0.05) is 36.0 Å². The first-order valence-electron chi connectivity index (χ1n) is 8.86. The molecule has 9 nitrogen and oxygen atoms in total. The highest BCUT2D eigenvalue weighted by Gasteiger charge is 2.18. The Balaban J connectivity index is 1.54. The molecule has 148 valence electrons. The Kier molecular flexibility index (Phi) is 5.98. The molecular weight excluding hydrogens is 374 g/mol. The molecule has 0 saturated heterocycles. The fourth-order valence-electron chi connectivity index (χ4n) is 2.62. The number of rotatable bonds is 7. The molecule has 2 aromatic carbocycles. The minimum atomic E-state index is -0.814. The quantitative estimate of drug-likeness (QED) is 0.471. The summed E-state index contributed by atoms with van der Waals surface area (Å²) in [6.07, 6.45) is 3.46. The smallest absolute Gasteiger partial charge is 0.270 e. The molecule has 3 rings (SSSR count). The number of carbonyl (C=O) groups is 2. The maximum Gasteiger partial charge on any atom is 0.270 e. The van der Waals surface area contributed by atoms with Gasteiger partial charge in [0.1, 0.15) is 6.04 Å². The summed E-state index contributed by atoms with van der Waals surface area (Å²) in [7, 11) is 0. The topological polar surface area (TPSA) is 119 Å². The lowest BCUT2D eigenvalue weighted by Gasteiger charge is -2.13. The van der Waals surface area contributed by atoms with Gasteiger partial charge in [0.05, 0.1) is 16.8 Å². The summed E-state index contributed by atoms with van der Waals surface area (Å²) in [5, 5.41) is 20.4. The second-order valence-electron chi connectivity index (χ2n) is 6.35. The second kappa shape index (κ2) is 8.79. The summed E-state index contributed by atoms with van der Waals surface area (Å²) < 4.78 is 1.70. The van der Waals surface area contributed by atoms with Gasteiger partial charge < -0.3 is 10.6 Å². The van der Waals surface area contributed by atoms with E-state index in [0.717, 1.165) is 17.3 Å². The lowest BCUT2D eigenvalue weighted by atomic mass is 10.1. The monoisotopic (exact) mass is 393 g/mol. The number of amides is 2. The first-order chi connectivity index (χ1) is 13.9. The number of para-hydroxylation sites is 1. The van der Waals surface area contributed by atoms with Gasteiger partial charge in [0.2, 0.25) is 5.91 Å². The minimum Gasteiger partial charge on any atom is -0.350 e. The zero-order chi connectivity index (χ0) is 20.8. The molecule has 2 amide bonds. The summed E-state index contributed by atoms with van der Waals surface area (Å²) in [5.74, 6) is -0.940. The molecule has 29 heavy (non-hydrogen) atoms. The van der Waals surface area contributed by atoms with Crippen LogP contribution in [0, 0.1) is 10.1 Å². The van der Waals surface area contributed by atoms with E-state index in [1.165, 1.54) is 25.1 Å². The van der Waals surface area contributed by atoms with Gasteiger partial charge in [-0.1, -0.05) is 24.3 Å². The van der Waals surface area contributed by atoms with Crippen LogP contribution in [0.4, 0.5) is 5.69 Å². The number of nitro groups is 1. The number of nitrogens with zero attached hydrogens (tertiary/aromatic N) is 3. The molecule has 0 radical (unpaired) electrons. The van der Waals surface area contributed by atoms with E-state index in [1.54, 1.807) is 10.9 Å². The number of hydrogen-bond donors (Lipinski definition) is 2. The SMILES string of the molecule is C[C@H](NC(=O)c1cccc([N+](=O)[O-])c1)C(=O)NCc1cnn(-c2ccccc2)c1. The molecular formula is C20H19N5O4. The molecule has 0 spiro atoms. The Labute approximate surface area is 166 Å². The van der Waals surface area contributed by atoms with Crippen molar-refractivity contribution in [3.05, 3.63) is 88.2 Å². The number of nitrogens with one attached hydrogen (secondary N) is 2. The minimum absolute atomic E-state index is 0.114. The molecule has 1 heterocycles. The van der Waals surface area contributed by atoms with Crippen LogP contribution < -0.4 is 10.6 Å². The molecule has 3 aromatic rings. The molecule has 1 atom stereocenters. The van der Waals surface area contributed by atoms with E-state index in [1.807, 2.05) is 36.5 Å². The van der Waals surface area contributed by atoms with E-state index in [2.05, 4.69) is 15.7 Å². The Hall–Kier alpha value is -4.01. The summed E-state index contributed by atoms with van der Waals surface area (Å²) in [6.45, 7) is 1.79. The van der Waals surface area contributed by atoms with Crippen LogP contribution in [0.5, 0.6) is 0 Å². The van der Waals surface area contributed by atoms with Crippen molar-refractivity contribution in [2.75, 3.05) is 0 Å². The highest BCUT2D eigenvalue weighted by molar-refractivity contribution is 5.97. The van der Waals surface area contributed by atoms with Gasteiger partial charge >= 0.3 is 0 Å². The number of carbonyl (C=O) groups excluding carboxylic acids is 2. The molecule has 0 fully saturated rings. The van der Waals surface area contributed by atoms with Gasteiger partial charge in [-0.3, -0.25) is 19.7 Å². The van der Waals surface area contributed by atoms with Crippen molar-refractivity contribution in [1.29, 1.82) is 0 Å². The lowest BCUT2D eigenvalue weighted by Crippen LogP contribution is -2.44. The van der Waals surface area contributed by atoms with Crippen molar-refractivity contribution in [2.24, 2.45) is 0 Å². The second-order valence-corrected chi connectivity index (χ2v) is 6.35. The molecule has 0 aliphatic carbocycles. The predicted molar refractivity (Wildman–Crippen MR) is 105 cm³/mol. The standard InChI is InChI=1S/C20H19N5O4/c1-14(23-20(27)16-6-5-9-18(10-16)25(28)29)19(26)21-11-15-12-22-24(13-15)17-7-3-2-4-8-17/h2-10,12-14H,11H2,1H3,(H,21,26)(H,23,27)/t14-/m0/s1. The van der Waals surface area contributed by atoms with Crippen molar-refractivity contribution in [3.8, 4) is 5.69 Å². The number of non-ortho nitro benzene ring substituents is 1. The van der Waals surface area contributed by atoms with Crippen LogP contribution in [-0.2, 0) is 11.3 Å². The Bertz CT molecular complexity index is 1030. The third kappa shape index (κ3) is 5.04. The van der Waals surface area contributed by atoms with Gasteiger partial charge in [-0.05, 0) is 25.1 Å². The highest BCUT2D eigenvalue weighted by atomic mass is 16.6. The molecule has 0 bridgehead atoms. The molecule has 0 aliphatic rings. The van der Waals surface area contributed by atoms with Crippen LogP contribution in [0.1, 0.15) is 22.8 Å². The van der Waals surface area contributed by atoms with Gasteiger partial charge in [-0.2, -0.15) is 5.10 Å². The number of nitro benzene ring substituents is 1. The summed E-state index contributed by atoms with van der Waals surface area (Å²) in [6, 6.07) is 14.1. The average molecular weight is 393 g/mol.